The van der Waals surface area contributed by atoms with Gasteiger partial charge in [0.05, 0.1) is 7.11 Å². The van der Waals surface area contributed by atoms with Crippen molar-refractivity contribution in [2.75, 3.05) is 7.11 Å². The molecule has 4 heteroatoms. The molecule has 2 N–H and O–H groups in total. The van der Waals surface area contributed by atoms with Gasteiger partial charge in [0, 0.05) is 0 Å². The summed E-state index contributed by atoms with van der Waals surface area (Å²) in [6.45, 7) is 1.66. The highest BCUT2D eigenvalue weighted by Gasteiger charge is 2.21. The summed E-state index contributed by atoms with van der Waals surface area (Å²) in [4.78, 5) is -0.952. The molecule has 3 nitrogen and oxygen atoms in total. The Morgan fingerprint density at radius 3 is 2.31 bits per heavy atom. The van der Waals surface area contributed by atoms with Crippen molar-refractivity contribution in [3.05, 3.63) is 29.8 Å². The van der Waals surface area contributed by atoms with E-state index in [1.54, 1.807) is 38.3 Å². The third kappa shape index (κ3) is 2.34. The Kier molecular flexibility index (Phi) is 3.14. The average Bonchev–Trinajstić information content (AvgIpc) is 2.18. The lowest BCUT2D eigenvalue weighted by atomic mass is 10.1. The van der Waals surface area contributed by atoms with Crippen LogP contribution in [0.3, 0.4) is 0 Å². The number of benzene rings is 1. The molecular formula is C9H12ClNO2. The molecule has 13 heavy (non-hydrogen) atoms. The van der Waals surface area contributed by atoms with Crippen molar-refractivity contribution in [1.82, 2.24) is 5.48 Å². The van der Waals surface area contributed by atoms with Crippen LogP contribution in [0.25, 0.3) is 0 Å². The number of rotatable bonds is 3. The Morgan fingerprint density at radius 1 is 1.38 bits per heavy atom. The van der Waals surface area contributed by atoms with Gasteiger partial charge in [-0.2, -0.15) is 5.48 Å². The van der Waals surface area contributed by atoms with Gasteiger partial charge in [-0.3, -0.25) is 0 Å². The molecule has 1 aromatic rings. The minimum atomic E-state index is -0.952. The standard InChI is InChI=1S/C9H12ClNO2/c1-9(10,11-12)7-3-5-8(13-2)6-4-7/h3-6,11-12H,1-2H3. The van der Waals surface area contributed by atoms with Crippen LogP contribution in [0.4, 0.5) is 0 Å². The van der Waals surface area contributed by atoms with E-state index in [4.69, 9.17) is 21.5 Å². The van der Waals surface area contributed by atoms with Gasteiger partial charge in [0.1, 0.15) is 10.7 Å². The van der Waals surface area contributed by atoms with Crippen molar-refractivity contribution in [3.8, 4) is 5.75 Å². The van der Waals surface area contributed by atoms with Crippen molar-refractivity contribution in [1.29, 1.82) is 0 Å². The molecule has 1 atom stereocenters. The summed E-state index contributed by atoms with van der Waals surface area (Å²) in [6, 6.07) is 7.14. The van der Waals surface area contributed by atoms with E-state index in [1.807, 2.05) is 5.48 Å². The zero-order chi connectivity index (χ0) is 9.90. The van der Waals surface area contributed by atoms with Crippen LogP contribution in [0.5, 0.6) is 5.75 Å². The third-order valence-corrected chi connectivity index (χ3v) is 2.14. The number of ether oxygens (including phenoxy) is 1. The largest absolute Gasteiger partial charge is 0.497 e. The Balaban J connectivity index is 2.92. The fraction of sp³-hybridized carbons (Fsp3) is 0.333. The molecule has 0 spiro atoms. The van der Waals surface area contributed by atoms with Crippen molar-refractivity contribution in [2.24, 2.45) is 0 Å². The van der Waals surface area contributed by atoms with Crippen molar-refractivity contribution >= 4 is 11.6 Å². The molecular weight excluding hydrogens is 190 g/mol. The number of methoxy groups -OCH3 is 1. The number of alkyl halides is 1. The number of hydrogen-bond donors (Lipinski definition) is 2. The van der Waals surface area contributed by atoms with Gasteiger partial charge in [0.15, 0.2) is 0 Å². The monoisotopic (exact) mass is 201 g/mol. The molecule has 0 aliphatic carbocycles. The topological polar surface area (TPSA) is 41.5 Å². The first kappa shape index (κ1) is 10.3. The zero-order valence-electron chi connectivity index (χ0n) is 7.54. The molecule has 0 saturated heterocycles. The molecule has 0 radical (unpaired) electrons. The maximum Gasteiger partial charge on any atom is 0.138 e. The second-order valence-corrected chi connectivity index (χ2v) is 3.60. The summed E-state index contributed by atoms with van der Waals surface area (Å²) in [5.74, 6) is 0.758. The summed E-state index contributed by atoms with van der Waals surface area (Å²) in [5.41, 5.74) is 2.80. The first-order chi connectivity index (χ1) is 6.10. The Hall–Kier alpha value is -0.770. The van der Waals surface area contributed by atoms with E-state index in [9.17, 15) is 0 Å². The second-order valence-electron chi connectivity index (χ2n) is 2.84. The molecule has 0 bridgehead atoms. The van der Waals surface area contributed by atoms with E-state index in [1.165, 1.54) is 0 Å². The van der Waals surface area contributed by atoms with Crippen molar-refractivity contribution < 1.29 is 9.94 Å². The maximum absolute atomic E-state index is 8.76. The average molecular weight is 202 g/mol. The highest BCUT2D eigenvalue weighted by atomic mass is 35.5. The number of hydroxylamine groups is 1. The number of halogens is 1. The SMILES string of the molecule is COc1ccc(C(C)(Cl)NO)cc1. The van der Waals surface area contributed by atoms with E-state index >= 15 is 0 Å². The predicted molar refractivity (Wildman–Crippen MR) is 51.1 cm³/mol. The highest BCUT2D eigenvalue weighted by Crippen LogP contribution is 2.26. The van der Waals surface area contributed by atoms with Crippen molar-refractivity contribution in [2.45, 2.75) is 11.9 Å². The third-order valence-electron chi connectivity index (χ3n) is 1.84. The normalized spacial score (nSPS) is 15.1. The van der Waals surface area contributed by atoms with Crippen LogP contribution >= 0.6 is 11.6 Å². The second kappa shape index (κ2) is 3.96. The summed E-state index contributed by atoms with van der Waals surface area (Å²) in [7, 11) is 1.60. The van der Waals surface area contributed by atoms with E-state index in [2.05, 4.69) is 0 Å². The van der Waals surface area contributed by atoms with Gasteiger partial charge in [0.2, 0.25) is 0 Å². The van der Waals surface area contributed by atoms with Gasteiger partial charge in [-0.1, -0.05) is 23.7 Å². The van der Waals surface area contributed by atoms with E-state index < -0.39 is 5.00 Å². The Bertz CT molecular complexity index is 271. The molecule has 1 rings (SSSR count). The summed E-state index contributed by atoms with van der Waals surface area (Å²) < 4.78 is 4.99. The molecule has 0 fully saturated rings. The lowest BCUT2D eigenvalue weighted by Gasteiger charge is -2.20. The van der Waals surface area contributed by atoms with E-state index in [0.717, 1.165) is 11.3 Å². The molecule has 0 saturated carbocycles. The molecule has 0 heterocycles. The van der Waals surface area contributed by atoms with Gasteiger partial charge in [-0.05, 0) is 24.6 Å². The highest BCUT2D eigenvalue weighted by molar-refractivity contribution is 6.23. The molecule has 1 unspecified atom stereocenters. The van der Waals surface area contributed by atoms with Gasteiger partial charge in [-0.15, -0.1) is 0 Å². The lowest BCUT2D eigenvalue weighted by molar-refractivity contribution is 0.114. The summed E-state index contributed by atoms with van der Waals surface area (Å²) in [5, 5.41) is 8.76. The molecule has 0 aromatic heterocycles. The van der Waals surface area contributed by atoms with Gasteiger partial charge in [0.25, 0.3) is 0 Å². The molecule has 0 amide bonds. The zero-order valence-corrected chi connectivity index (χ0v) is 8.30. The molecule has 0 aliphatic rings. The van der Waals surface area contributed by atoms with E-state index in [-0.39, 0.29) is 0 Å². The summed E-state index contributed by atoms with van der Waals surface area (Å²) >= 11 is 5.94. The molecule has 0 aliphatic heterocycles. The lowest BCUT2D eigenvalue weighted by Crippen LogP contribution is -2.30. The first-order valence-corrected chi connectivity index (χ1v) is 4.22. The minimum absolute atomic E-state index is 0.758. The van der Waals surface area contributed by atoms with Crippen LogP contribution < -0.4 is 10.2 Å². The van der Waals surface area contributed by atoms with Crippen molar-refractivity contribution in [3.63, 3.8) is 0 Å². The van der Waals surface area contributed by atoms with Crippen LogP contribution in [0, 0.1) is 0 Å². The minimum Gasteiger partial charge on any atom is -0.497 e. The van der Waals surface area contributed by atoms with Crippen LogP contribution in [-0.4, -0.2) is 12.3 Å². The fourth-order valence-corrected chi connectivity index (χ4v) is 1.09. The molecule has 1 aromatic carbocycles. The van der Waals surface area contributed by atoms with Gasteiger partial charge < -0.3 is 9.94 Å². The smallest absolute Gasteiger partial charge is 0.138 e. The summed E-state index contributed by atoms with van der Waals surface area (Å²) in [6.07, 6.45) is 0. The Morgan fingerprint density at radius 2 is 1.92 bits per heavy atom. The van der Waals surface area contributed by atoms with Crippen LogP contribution in [0.1, 0.15) is 12.5 Å². The number of hydrogen-bond acceptors (Lipinski definition) is 3. The van der Waals surface area contributed by atoms with Crippen LogP contribution in [0.2, 0.25) is 0 Å². The Labute approximate surface area is 82.2 Å². The number of nitrogens with one attached hydrogen (secondary N) is 1. The maximum atomic E-state index is 8.76. The van der Waals surface area contributed by atoms with E-state index in [0.29, 0.717) is 0 Å². The quantitative estimate of drug-likeness (QED) is 0.447. The van der Waals surface area contributed by atoms with Gasteiger partial charge in [-0.25, -0.2) is 0 Å². The molecule has 72 valence electrons. The van der Waals surface area contributed by atoms with Crippen LogP contribution in [-0.2, 0) is 5.00 Å². The predicted octanol–water partition coefficient (Wildman–Crippen LogP) is 2.09. The fourth-order valence-electron chi connectivity index (χ4n) is 0.969. The van der Waals surface area contributed by atoms with Gasteiger partial charge >= 0.3 is 0 Å². The first-order valence-electron chi connectivity index (χ1n) is 3.85. The van der Waals surface area contributed by atoms with Crippen LogP contribution in [0.15, 0.2) is 24.3 Å².